The largest absolute Gasteiger partial charge is 0.393 e. The van der Waals surface area contributed by atoms with Gasteiger partial charge in [-0.15, -0.1) is 0 Å². The van der Waals surface area contributed by atoms with Crippen molar-refractivity contribution in [2.45, 2.75) is 18.6 Å². The number of carbonyl (C=O) groups is 1. The minimum atomic E-state index is -4.26. The molecule has 1 aliphatic carbocycles. The van der Waals surface area contributed by atoms with Crippen molar-refractivity contribution in [2.75, 3.05) is 0 Å². The van der Waals surface area contributed by atoms with Crippen LogP contribution in [0.15, 0.2) is 24.3 Å². The van der Waals surface area contributed by atoms with Gasteiger partial charge < -0.3 is 5.32 Å². The third-order valence-electron chi connectivity index (χ3n) is 2.63. The van der Waals surface area contributed by atoms with Gasteiger partial charge in [-0.3, -0.25) is 4.79 Å². The Morgan fingerprint density at radius 2 is 1.82 bits per heavy atom. The third kappa shape index (κ3) is 2.75. The van der Waals surface area contributed by atoms with E-state index >= 15 is 0 Å². The number of carbonyl (C=O) groups excluding carboxylic acids is 1. The zero-order valence-corrected chi connectivity index (χ0v) is 8.59. The van der Waals surface area contributed by atoms with Crippen molar-refractivity contribution in [1.29, 1.82) is 0 Å². The summed E-state index contributed by atoms with van der Waals surface area (Å²) in [6, 6.07) is 3.78. The van der Waals surface area contributed by atoms with Crippen molar-refractivity contribution >= 4 is 5.91 Å². The molecule has 1 amide bonds. The highest BCUT2D eigenvalue weighted by Crippen LogP contribution is 2.44. The molecule has 0 spiro atoms. The summed E-state index contributed by atoms with van der Waals surface area (Å²) in [4.78, 5) is 11.5. The second kappa shape index (κ2) is 4.01. The van der Waals surface area contributed by atoms with Crippen molar-refractivity contribution in [1.82, 2.24) is 5.32 Å². The lowest BCUT2D eigenvalue weighted by atomic mass is 10.2. The van der Waals surface area contributed by atoms with E-state index in [1.165, 1.54) is 12.1 Å². The van der Waals surface area contributed by atoms with Gasteiger partial charge in [0.2, 0.25) is 0 Å². The van der Waals surface area contributed by atoms with Crippen LogP contribution in [0.2, 0.25) is 0 Å². The van der Waals surface area contributed by atoms with Crippen LogP contribution in [0.4, 0.5) is 17.6 Å². The van der Waals surface area contributed by atoms with Crippen molar-refractivity contribution in [3.8, 4) is 0 Å². The monoisotopic (exact) mass is 247 g/mol. The number of halogens is 4. The Kier molecular flexibility index (Phi) is 2.81. The number of hydrogen-bond acceptors (Lipinski definition) is 1. The number of benzene rings is 1. The fourth-order valence-corrected chi connectivity index (χ4v) is 1.57. The van der Waals surface area contributed by atoms with Gasteiger partial charge in [-0.2, -0.15) is 13.2 Å². The van der Waals surface area contributed by atoms with E-state index < -0.39 is 29.9 Å². The molecule has 1 fully saturated rings. The highest BCUT2D eigenvalue weighted by atomic mass is 19.4. The van der Waals surface area contributed by atoms with E-state index in [1.54, 1.807) is 0 Å². The highest BCUT2D eigenvalue weighted by molar-refractivity contribution is 5.94. The number of nitrogens with one attached hydrogen (secondary N) is 1. The topological polar surface area (TPSA) is 29.1 Å². The number of alkyl halides is 3. The molecule has 2 atom stereocenters. The minimum Gasteiger partial charge on any atom is -0.349 e. The highest BCUT2D eigenvalue weighted by Gasteiger charge is 2.56. The molecule has 6 heteroatoms. The van der Waals surface area contributed by atoms with Gasteiger partial charge >= 0.3 is 6.18 Å². The average molecular weight is 247 g/mol. The fourth-order valence-electron chi connectivity index (χ4n) is 1.57. The van der Waals surface area contributed by atoms with E-state index in [9.17, 15) is 22.4 Å². The van der Waals surface area contributed by atoms with E-state index in [2.05, 4.69) is 5.32 Å². The van der Waals surface area contributed by atoms with E-state index in [1.807, 2.05) is 0 Å². The van der Waals surface area contributed by atoms with Crippen LogP contribution in [0.1, 0.15) is 16.8 Å². The molecule has 1 aliphatic rings. The van der Waals surface area contributed by atoms with Crippen molar-refractivity contribution in [3.63, 3.8) is 0 Å². The lowest BCUT2D eigenvalue weighted by Crippen LogP contribution is -2.29. The van der Waals surface area contributed by atoms with Crippen molar-refractivity contribution in [2.24, 2.45) is 5.92 Å². The van der Waals surface area contributed by atoms with E-state index in [4.69, 9.17) is 0 Å². The summed E-state index contributed by atoms with van der Waals surface area (Å²) in [5.74, 6) is -2.56. The zero-order chi connectivity index (χ0) is 12.6. The van der Waals surface area contributed by atoms with Gasteiger partial charge in [0.1, 0.15) is 5.82 Å². The normalized spacial score (nSPS) is 23.3. The Morgan fingerprint density at radius 1 is 1.24 bits per heavy atom. The van der Waals surface area contributed by atoms with Crippen LogP contribution in [0.5, 0.6) is 0 Å². The smallest absolute Gasteiger partial charge is 0.349 e. The summed E-state index contributed by atoms with van der Waals surface area (Å²) in [6.07, 6.45) is -4.35. The molecule has 17 heavy (non-hydrogen) atoms. The fraction of sp³-hybridized carbons (Fsp3) is 0.364. The molecule has 0 aliphatic heterocycles. The molecule has 1 N–H and O–H groups in total. The molecule has 0 radical (unpaired) electrons. The Hall–Kier alpha value is -1.59. The van der Waals surface area contributed by atoms with Crippen LogP contribution < -0.4 is 5.32 Å². The summed E-state index contributed by atoms with van der Waals surface area (Å²) in [5, 5.41) is 2.26. The third-order valence-corrected chi connectivity index (χ3v) is 2.63. The van der Waals surface area contributed by atoms with Gasteiger partial charge in [0.05, 0.1) is 5.92 Å². The summed E-state index contributed by atoms with van der Waals surface area (Å²) in [7, 11) is 0. The first kappa shape index (κ1) is 11.9. The molecule has 0 bridgehead atoms. The SMILES string of the molecule is O=C(NC1CC1C(F)(F)F)c1ccc(F)cc1. The van der Waals surface area contributed by atoms with Gasteiger partial charge in [-0.25, -0.2) is 4.39 Å². The van der Waals surface area contributed by atoms with E-state index in [-0.39, 0.29) is 12.0 Å². The predicted molar refractivity (Wildman–Crippen MR) is 51.8 cm³/mol. The number of amides is 1. The van der Waals surface area contributed by atoms with Gasteiger partial charge in [-0.1, -0.05) is 0 Å². The molecule has 2 unspecified atom stereocenters. The molecule has 0 aromatic heterocycles. The maximum atomic E-state index is 12.6. The maximum absolute atomic E-state index is 12.6. The second-order valence-electron chi connectivity index (χ2n) is 3.97. The molecule has 2 rings (SSSR count). The summed E-state index contributed by atoms with van der Waals surface area (Å²) in [6.45, 7) is 0. The average Bonchev–Trinajstić information content (AvgIpc) is 2.97. The number of hydrogen-bond donors (Lipinski definition) is 1. The Bertz CT molecular complexity index is 426. The van der Waals surface area contributed by atoms with Crippen molar-refractivity contribution in [3.05, 3.63) is 35.6 Å². The summed E-state index contributed by atoms with van der Waals surface area (Å²) >= 11 is 0. The molecule has 1 aromatic carbocycles. The van der Waals surface area contributed by atoms with E-state index in [0.717, 1.165) is 12.1 Å². The van der Waals surface area contributed by atoms with Gasteiger partial charge in [0.15, 0.2) is 0 Å². The van der Waals surface area contributed by atoms with Gasteiger partial charge in [0.25, 0.3) is 5.91 Å². The first-order chi connectivity index (χ1) is 7.88. The predicted octanol–water partition coefficient (Wildman–Crippen LogP) is 2.51. The second-order valence-corrected chi connectivity index (χ2v) is 3.97. The maximum Gasteiger partial charge on any atom is 0.393 e. The van der Waals surface area contributed by atoms with Crippen LogP contribution in [-0.2, 0) is 0 Å². The molecular weight excluding hydrogens is 238 g/mol. The Labute approximate surface area is 94.6 Å². The standard InChI is InChI=1S/C11H9F4NO/c12-7-3-1-6(2-4-7)10(17)16-9-5-8(9)11(13,14)15/h1-4,8-9H,5H2,(H,16,17). The summed E-state index contributed by atoms with van der Waals surface area (Å²) < 4.78 is 49.1. The summed E-state index contributed by atoms with van der Waals surface area (Å²) in [5.41, 5.74) is 0.152. The van der Waals surface area contributed by atoms with Crippen molar-refractivity contribution < 1.29 is 22.4 Å². The van der Waals surface area contributed by atoms with Crippen LogP contribution in [-0.4, -0.2) is 18.1 Å². The van der Waals surface area contributed by atoms with Crippen LogP contribution in [0, 0.1) is 11.7 Å². The Balaban J connectivity index is 1.93. The lowest BCUT2D eigenvalue weighted by molar-refractivity contribution is -0.148. The molecule has 92 valence electrons. The lowest BCUT2D eigenvalue weighted by Gasteiger charge is -2.07. The molecule has 0 heterocycles. The Morgan fingerprint density at radius 3 is 2.29 bits per heavy atom. The quantitative estimate of drug-likeness (QED) is 0.799. The minimum absolute atomic E-state index is 0.0869. The van der Waals surface area contributed by atoms with Gasteiger partial charge in [0, 0.05) is 11.6 Å². The van der Waals surface area contributed by atoms with Crippen LogP contribution >= 0.6 is 0 Å². The van der Waals surface area contributed by atoms with Crippen LogP contribution in [0.25, 0.3) is 0 Å². The van der Waals surface area contributed by atoms with E-state index in [0.29, 0.717) is 0 Å². The molecule has 1 saturated carbocycles. The molecule has 1 aromatic rings. The first-order valence-corrected chi connectivity index (χ1v) is 5.01. The molecular formula is C11H9F4NO. The molecule has 0 saturated heterocycles. The number of rotatable bonds is 2. The zero-order valence-electron chi connectivity index (χ0n) is 8.59. The van der Waals surface area contributed by atoms with Gasteiger partial charge in [-0.05, 0) is 30.7 Å². The first-order valence-electron chi connectivity index (χ1n) is 5.01. The molecule has 2 nitrogen and oxygen atoms in total. The van der Waals surface area contributed by atoms with Crippen LogP contribution in [0.3, 0.4) is 0 Å².